The third-order valence-electron chi connectivity index (χ3n) is 10.1. The van der Waals surface area contributed by atoms with E-state index < -0.39 is 5.82 Å². The van der Waals surface area contributed by atoms with Crippen molar-refractivity contribution in [2.75, 3.05) is 40.4 Å². The molecule has 2 N–H and O–H groups in total. The first-order valence-electron chi connectivity index (χ1n) is 15.9. The number of β-amino-alcohol motifs (C(OH)–C–C–N with tert-alkyl or cyclic N) is 2. The fraction of sp³-hybridized carbons (Fsp3) is 0.389. The average Bonchev–Trinajstić information content (AvgIpc) is 3.65. The summed E-state index contributed by atoms with van der Waals surface area (Å²) >= 11 is 7.08. The number of ether oxygens (including phenoxy) is 2. The highest BCUT2D eigenvalue weighted by atomic mass is 35.5. The second-order valence-electron chi connectivity index (χ2n) is 12.8. The van der Waals surface area contributed by atoms with Crippen LogP contribution >= 0.6 is 11.6 Å². The number of benzene rings is 2. The maximum absolute atomic E-state index is 16.5. The van der Waals surface area contributed by atoms with Crippen LogP contribution in [-0.4, -0.2) is 82.6 Å². The summed E-state index contributed by atoms with van der Waals surface area (Å²) in [4.78, 5) is 14.2. The molecule has 238 valence electrons. The van der Waals surface area contributed by atoms with Gasteiger partial charge in [-0.05, 0) is 55.0 Å². The highest BCUT2D eigenvalue weighted by molar-refractivity contribution is 6.36. The smallest absolute Gasteiger partial charge is 0.218 e. The Bertz CT molecular complexity index is 1710. The van der Waals surface area contributed by atoms with E-state index >= 15 is 4.39 Å². The lowest BCUT2D eigenvalue weighted by atomic mass is 9.96. The van der Waals surface area contributed by atoms with Gasteiger partial charge in [0.05, 0.1) is 42.8 Å². The molecule has 4 heterocycles. The van der Waals surface area contributed by atoms with Gasteiger partial charge in [-0.3, -0.25) is 9.80 Å². The van der Waals surface area contributed by atoms with Crippen LogP contribution in [0.5, 0.6) is 11.8 Å². The highest BCUT2D eigenvalue weighted by Gasteiger charge is 2.39. The summed E-state index contributed by atoms with van der Waals surface area (Å²) < 4.78 is 28.0. The number of hydrogen-bond donors (Lipinski definition) is 2. The molecule has 2 aliphatic heterocycles. The van der Waals surface area contributed by atoms with Crippen LogP contribution in [0.3, 0.4) is 0 Å². The Morgan fingerprint density at radius 1 is 0.717 bits per heavy atom. The molecule has 0 spiro atoms. The lowest BCUT2D eigenvalue weighted by Gasteiger charge is -2.40. The summed E-state index contributed by atoms with van der Waals surface area (Å²) in [5.74, 6) is 0.663. The van der Waals surface area contributed by atoms with Gasteiger partial charge in [0.2, 0.25) is 11.8 Å². The minimum absolute atomic E-state index is 0.147. The molecule has 2 aliphatic carbocycles. The van der Waals surface area contributed by atoms with Gasteiger partial charge in [-0.2, -0.15) is 0 Å². The van der Waals surface area contributed by atoms with E-state index in [2.05, 4.69) is 15.9 Å². The molecule has 8 rings (SSSR count). The molecule has 4 aliphatic rings. The van der Waals surface area contributed by atoms with Gasteiger partial charge in [0, 0.05) is 71.6 Å². The van der Waals surface area contributed by atoms with Gasteiger partial charge in [0.15, 0.2) is 0 Å². The van der Waals surface area contributed by atoms with E-state index in [9.17, 15) is 10.2 Å². The third-order valence-corrected chi connectivity index (χ3v) is 10.6. The maximum atomic E-state index is 16.5. The Labute approximate surface area is 272 Å². The van der Waals surface area contributed by atoms with Gasteiger partial charge in [-0.1, -0.05) is 41.9 Å². The quantitative estimate of drug-likeness (QED) is 0.269. The van der Waals surface area contributed by atoms with Crippen molar-refractivity contribution in [1.82, 2.24) is 19.8 Å². The first kappa shape index (κ1) is 29.8. The molecule has 0 radical (unpaired) electrons. The number of hydrogen-bond acceptors (Lipinski definition) is 8. The molecule has 0 bridgehead atoms. The van der Waals surface area contributed by atoms with Crippen LogP contribution in [0, 0.1) is 5.82 Å². The Morgan fingerprint density at radius 3 is 1.67 bits per heavy atom. The fourth-order valence-corrected chi connectivity index (χ4v) is 8.17. The molecule has 2 aromatic carbocycles. The van der Waals surface area contributed by atoms with Crippen molar-refractivity contribution in [3.8, 4) is 45.4 Å². The molecule has 4 aromatic rings. The van der Waals surface area contributed by atoms with Crippen molar-refractivity contribution in [1.29, 1.82) is 0 Å². The number of methoxy groups -OCH3 is 2. The third kappa shape index (κ3) is 4.79. The van der Waals surface area contributed by atoms with E-state index in [1.165, 1.54) is 0 Å². The Hall–Kier alpha value is -3.60. The first-order chi connectivity index (χ1) is 22.3. The van der Waals surface area contributed by atoms with Crippen molar-refractivity contribution in [3.05, 3.63) is 81.6 Å². The van der Waals surface area contributed by atoms with E-state index in [-0.39, 0.29) is 24.3 Å². The number of fused-ring (bicyclic) bond motifs is 2. The number of aliphatic hydroxyl groups excluding tert-OH is 2. The van der Waals surface area contributed by atoms with Crippen molar-refractivity contribution >= 4 is 11.6 Å². The molecule has 2 saturated heterocycles. The Kier molecular flexibility index (Phi) is 7.49. The van der Waals surface area contributed by atoms with Crippen molar-refractivity contribution in [2.24, 2.45) is 0 Å². The summed E-state index contributed by atoms with van der Waals surface area (Å²) in [6.45, 7) is 2.60. The Morgan fingerprint density at radius 2 is 1.17 bits per heavy atom. The zero-order chi connectivity index (χ0) is 31.7. The van der Waals surface area contributed by atoms with E-state index in [1.54, 1.807) is 26.4 Å². The summed E-state index contributed by atoms with van der Waals surface area (Å²) in [5.41, 5.74) is 7.59. The molecule has 2 aromatic heterocycles. The van der Waals surface area contributed by atoms with Gasteiger partial charge in [-0.15, -0.1) is 0 Å². The number of aryl methyl sites for hydroxylation is 2. The molecule has 2 atom stereocenters. The largest absolute Gasteiger partial charge is 0.481 e. The van der Waals surface area contributed by atoms with Crippen LogP contribution in [0.25, 0.3) is 33.6 Å². The molecule has 2 fully saturated rings. The van der Waals surface area contributed by atoms with E-state index in [0.717, 1.165) is 47.9 Å². The van der Waals surface area contributed by atoms with Gasteiger partial charge >= 0.3 is 0 Å². The topological polar surface area (TPSA) is 91.2 Å². The fourth-order valence-electron chi connectivity index (χ4n) is 7.84. The van der Waals surface area contributed by atoms with E-state index in [0.29, 0.717) is 76.6 Å². The molecular formula is C36H36ClFN4O4. The maximum Gasteiger partial charge on any atom is 0.218 e. The lowest BCUT2D eigenvalue weighted by Crippen LogP contribution is -2.51. The summed E-state index contributed by atoms with van der Waals surface area (Å²) in [6, 6.07) is 15.3. The number of aromatic nitrogens is 2. The SMILES string of the molecule is COc1nc(-c2cccc(-c3cccc(-c4cc5c(c(OC)n4)[C@@H](N4CC(O)C4)CC5)c3F)c2Cl)cc2c1[C@H](N1CC(O)C1)CC2. The predicted octanol–water partition coefficient (Wildman–Crippen LogP) is 5.61. The van der Waals surface area contributed by atoms with Gasteiger partial charge in [-0.25, -0.2) is 14.4 Å². The van der Waals surface area contributed by atoms with Gasteiger partial charge in [0.25, 0.3) is 0 Å². The van der Waals surface area contributed by atoms with Crippen molar-refractivity contribution in [3.63, 3.8) is 0 Å². The highest BCUT2D eigenvalue weighted by Crippen LogP contribution is 2.47. The number of rotatable bonds is 7. The van der Waals surface area contributed by atoms with Crippen molar-refractivity contribution < 1.29 is 24.1 Å². The molecule has 46 heavy (non-hydrogen) atoms. The number of pyridine rings is 2. The number of likely N-dealkylation sites (tertiary alicyclic amines) is 2. The summed E-state index contributed by atoms with van der Waals surface area (Å²) in [5, 5.41) is 20.1. The van der Waals surface area contributed by atoms with Crippen LogP contribution < -0.4 is 9.47 Å². The van der Waals surface area contributed by atoms with Gasteiger partial charge < -0.3 is 19.7 Å². The normalized spacial score (nSPS) is 21.5. The van der Waals surface area contributed by atoms with Gasteiger partial charge in [0.1, 0.15) is 5.82 Å². The standard InChI is InChI=1S/C36H36ClFN4O4/c1-45-35-31-19(9-11-29(31)41-15-21(43)16-41)13-27(39-35)25-7-3-5-23(33(25)37)24-6-4-8-26(34(24)38)28-14-20-10-12-30(42-17-22(44)18-42)32(20)36(40-28)46-2/h3-8,13-14,21-22,29-30,43-44H,9-12,15-18H2,1-2H3/t29-,30+/m1/s1. The van der Waals surface area contributed by atoms with E-state index in [4.69, 9.17) is 31.0 Å². The van der Waals surface area contributed by atoms with Crippen LogP contribution in [-0.2, 0) is 12.8 Å². The van der Waals surface area contributed by atoms with E-state index in [1.807, 2.05) is 30.3 Å². The van der Waals surface area contributed by atoms with Crippen LogP contribution in [0.2, 0.25) is 5.02 Å². The zero-order valence-corrected chi connectivity index (χ0v) is 26.6. The monoisotopic (exact) mass is 642 g/mol. The number of aliphatic hydroxyl groups is 2. The first-order valence-corrected chi connectivity index (χ1v) is 16.3. The molecule has 0 amide bonds. The molecule has 8 nitrogen and oxygen atoms in total. The molecule has 0 saturated carbocycles. The van der Waals surface area contributed by atoms with Crippen LogP contribution in [0.4, 0.5) is 4.39 Å². The second-order valence-corrected chi connectivity index (χ2v) is 13.2. The van der Waals surface area contributed by atoms with Crippen molar-refractivity contribution in [2.45, 2.75) is 50.0 Å². The Balaban J connectivity index is 1.15. The second kappa shape index (κ2) is 11.6. The van der Waals surface area contributed by atoms with Crippen LogP contribution in [0.1, 0.15) is 47.2 Å². The predicted molar refractivity (Wildman–Crippen MR) is 174 cm³/mol. The minimum Gasteiger partial charge on any atom is -0.481 e. The molecular weight excluding hydrogens is 607 g/mol. The van der Waals surface area contributed by atoms with Crippen LogP contribution in [0.15, 0.2) is 48.5 Å². The average molecular weight is 643 g/mol. The number of nitrogens with zero attached hydrogens (tertiary/aromatic N) is 4. The lowest BCUT2D eigenvalue weighted by molar-refractivity contribution is -0.0257. The summed E-state index contributed by atoms with van der Waals surface area (Å²) in [6.07, 6.45) is 3.01. The minimum atomic E-state index is -0.407. The molecule has 0 unspecified atom stereocenters. The number of halogens is 2. The molecule has 10 heteroatoms. The zero-order valence-electron chi connectivity index (χ0n) is 25.8. The summed E-state index contributed by atoms with van der Waals surface area (Å²) in [7, 11) is 3.23.